The fourth-order valence-electron chi connectivity index (χ4n) is 2.20. The lowest BCUT2D eigenvalue weighted by Gasteiger charge is -2.13. The van der Waals surface area contributed by atoms with Crippen LogP contribution in [0.5, 0.6) is 11.5 Å². The molecule has 0 aliphatic rings. The third-order valence-corrected chi connectivity index (χ3v) is 3.32. The van der Waals surface area contributed by atoms with E-state index in [0.29, 0.717) is 30.2 Å². The van der Waals surface area contributed by atoms with Crippen molar-refractivity contribution in [3.8, 4) is 11.5 Å². The number of ether oxygens (including phenoxy) is 2. The fraction of sp³-hybridized carbons (Fsp3) is 0.333. The summed E-state index contributed by atoms with van der Waals surface area (Å²) in [5.41, 5.74) is 1.63. The Kier molecular flexibility index (Phi) is 6.41. The highest BCUT2D eigenvalue weighted by Crippen LogP contribution is 2.29. The normalized spacial score (nSPS) is 10.2. The van der Waals surface area contributed by atoms with Gasteiger partial charge in [-0.15, -0.1) is 0 Å². The summed E-state index contributed by atoms with van der Waals surface area (Å²) in [5, 5.41) is 2.89. The Balaban J connectivity index is 1.91. The van der Waals surface area contributed by atoms with Crippen molar-refractivity contribution >= 4 is 11.6 Å². The van der Waals surface area contributed by atoms with E-state index in [-0.39, 0.29) is 5.91 Å². The minimum atomic E-state index is -0.0462. The molecule has 0 unspecified atom stereocenters. The van der Waals surface area contributed by atoms with Crippen molar-refractivity contribution in [2.45, 2.75) is 26.2 Å². The highest BCUT2D eigenvalue weighted by atomic mass is 16.5. The predicted molar refractivity (Wildman–Crippen MR) is 90.0 cm³/mol. The third kappa shape index (κ3) is 5.29. The standard InChI is InChI=1S/C18H22N2O3/c1-3-23-17-11-10-15(22-2)13-16(17)20-18(21)9-6-8-14-7-4-5-12-19-14/h4-5,7,10-13H,3,6,8-9H2,1-2H3,(H,20,21). The number of rotatable bonds is 8. The molecule has 0 aliphatic carbocycles. The Hall–Kier alpha value is -2.56. The molecule has 23 heavy (non-hydrogen) atoms. The van der Waals surface area contributed by atoms with Crippen LogP contribution in [0.1, 0.15) is 25.5 Å². The maximum Gasteiger partial charge on any atom is 0.224 e. The van der Waals surface area contributed by atoms with Crippen LogP contribution in [0.3, 0.4) is 0 Å². The van der Waals surface area contributed by atoms with Gasteiger partial charge in [0.1, 0.15) is 11.5 Å². The lowest BCUT2D eigenvalue weighted by atomic mass is 10.1. The number of nitrogens with one attached hydrogen (secondary N) is 1. The molecule has 0 spiro atoms. The van der Waals surface area contributed by atoms with Gasteiger partial charge < -0.3 is 14.8 Å². The Bertz CT molecular complexity index is 629. The first-order valence-electron chi connectivity index (χ1n) is 7.73. The highest BCUT2D eigenvalue weighted by molar-refractivity contribution is 5.92. The van der Waals surface area contributed by atoms with E-state index < -0.39 is 0 Å². The minimum absolute atomic E-state index is 0.0462. The molecule has 0 bridgehead atoms. The maximum atomic E-state index is 12.1. The van der Waals surface area contributed by atoms with Crippen LogP contribution < -0.4 is 14.8 Å². The number of benzene rings is 1. The second-order valence-corrected chi connectivity index (χ2v) is 5.02. The topological polar surface area (TPSA) is 60.5 Å². The van der Waals surface area contributed by atoms with E-state index in [0.717, 1.165) is 18.5 Å². The summed E-state index contributed by atoms with van der Waals surface area (Å²) in [6, 6.07) is 11.2. The molecule has 5 heteroatoms. The number of anilines is 1. The Morgan fingerprint density at radius 1 is 1.26 bits per heavy atom. The second-order valence-electron chi connectivity index (χ2n) is 5.02. The van der Waals surface area contributed by atoms with E-state index in [2.05, 4.69) is 10.3 Å². The SMILES string of the molecule is CCOc1ccc(OC)cc1NC(=O)CCCc1ccccn1. The van der Waals surface area contributed by atoms with Gasteiger partial charge in [0.25, 0.3) is 0 Å². The Morgan fingerprint density at radius 3 is 2.83 bits per heavy atom. The molecule has 0 atom stereocenters. The van der Waals surface area contributed by atoms with E-state index in [9.17, 15) is 4.79 Å². The summed E-state index contributed by atoms with van der Waals surface area (Å²) in [6.07, 6.45) is 3.72. The van der Waals surface area contributed by atoms with E-state index in [4.69, 9.17) is 9.47 Å². The number of nitrogens with zero attached hydrogens (tertiary/aromatic N) is 1. The van der Waals surface area contributed by atoms with Crippen molar-refractivity contribution in [1.82, 2.24) is 4.98 Å². The van der Waals surface area contributed by atoms with Crippen molar-refractivity contribution in [2.75, 3.05) is 19.0 Å². The summed E-state index contributed by atoms with van der Waals surface area (Å²) < 4.78 is 10.7. The van der Waals surface area contributed by atoms with Crippen LogP contribution in [0.4, 0.5) is 5.69 Å². The molecule has 0 saturated carbocycles. The monoisotopic (exact) mass is 314 g/mol. The van der Waals surface area contributed by atoms with Crippen LogP contribution in [0.2, 0.25) is 0 Å². The largest absolute Gasteiger partial charge is 0.497 e. The van der Waals surface area contributed by atoms with Crippen LogP contribution in [-0.4, -0.2) is 24.6 Å². The number of pyridine rings is 1. The quantitative estimate of drug-likeness (QED) is 0.810. The molecule has 2 rings (SSSR count). The van der Waals surface area contributed by atoms with Gasteiger partial charge in [-0.2, -0.15) is 0 Å². The lowest BCUT2D eigenvalue weighted by Crippen LogP contribution is -2.13. The first-order valence-corrected chi connectivity index (χ1v) is 7.73. The summed E-state index contributed by atoms with van der Waals surface area (Å²) in [7, 11) is 1.59. The van der Waals surface area contributed by atoms with Crippen molar-refractivity contribution in [3.05, 3.63) is 48.3 Å². The molecular weight excluding hydrogens is 292 g/mol. The second kappa shape index (κ2) is 8.78. The molecule has 1 N–H and O–H groups in total. The molecule has 0 radical (unpaired) electrons. The number of methoxy groups -OCH3 is 1. The predicted octanol–water partition coefficient (Wildman–Crippen LogP) is 3.45. The first kappa shape index (κ1) is 16.8. The summed E-state index contributed by atoms with van der Waals surface area (Å²) >= 11 is 0. The van der Waals surface area contributed by atoms with Gasteiger partial charge in [-0.25, -0.2) is 0 Å². The molecule has 0 aliphatic heterocycles. The van der Waals surface area contributed by atoms with Gasteiger partial charge in [0.15, 0.2) is 0 Å². The Labute approximate surface area is 136 Å². The van der Waals surface area contributed by atoms with Gasteiger partial charge in [-0.1, -0.05) is 6.07 Å². The zero-order valence-corrected chi connectivity index (χ0v) is 13.5. The number of carbonyl (C=O) groups excluding carboxylic acids is 1. The summed E-state index contributed by atoms with van der Waals surface area (Å²) in [5.74, 6) is 1.28. The van der Waals surface area contributed by atoms with E-state index in [1.807, 2.05) is 31.2 Å². The van der Waals surface area contributed by atoms with Crippen molar-refractivity contribution in [1.29, 1.82) is 0 Å². The van der Waals surface area contributed by atoms with Crippen molar-refractivity contribution in [2.24, 2.45) is 0 Å². The molecule has 1 aromatic heterocycles. The van der Waals surface area contributed by atoms with Crippen LogP contribution in [0, 0.1) is 0 Å². The number of aromatic nitrogens is 1. The number of carbonyl (C=O) groups is 1. The zero-order chi connectivity index (χ0) is 16.5. The maximum absolute atomic E-state index is 12.1. The van der Waals surface area contributed by atoms with Gasteiger partial charge in [0.2, 0.25) is 5.91 Å². The number of hydrogen-bond acceptors (Lipinski definition) is 4. The highest BCUT2D eigenvalue weighted by Gasteiger charge is 2.09. The molecule has 2 aromatic rings. The van der Waals surface area contributed by atoms with Gasteiger partial charge in [0.05, 0.1) is 19.4 Å². The van der Waals surface area contributed by atoms with Crippen LogP contribution in [0.25, 0.3) is 0 Å². The molecule has 5 nitrogen and oxygen atoms in total. The van der Waals surface area contributed by atoms with Gasteiger partial charge in [0, 0.05) is 24.4 Å². The van der Waals surface area contributed by atoms with Crippen LogP contribution in [0.15, 0.2) is 42.6 Å². The van der Waals surface area contributed by atoms with Gasteiger partial charge >= 0.3 is 0 Å². The molecule has 122 valence electrons. The van der Waals surface area contributed by atoms with Crippen molar-refractivity contribution < 1.29 is 14.3 Å². The smallest absolute Gasteiger partial charge is 0.224 e. The van der Waals surface area contributed by atoms with Crippen LogP contribution in [-0.2, 0) is 11.2 Å². The fourth-order valence-corrected chi connectivity index (χ4v) is 2.20. The Morgan fingerprint density at radius 2 is 2.13 bits per heavy atom. The number of aryl methyl sites for hydroxylation is 1. The molecular formula is C18H22N2O3. The number of amides is 1. The zero-order valence-electron chi connectivity index (χ0n) is 13.5. The van der Waals surface area contributed by atoms with E-state index in [1.54, 1.807) is 25.4 Å². The third-order valence-electron chi connectivity index (χ3n) is 3.32. The average Bonchev–Trinajstić information content (AvgIpc) is 2.57. The summed E-state index contributed by atoms with van der Waals surface area (Å²) in [4.78, 5) is 16.4. The minimum Gasteiger partial charge on any atom is -0.497 e. The lowest BCUT2D eigenvalue weighted by molar-refractivity contribution is -0.116. The summed E-state index contributed by atoms with van der Waals surface area (Å²) in [6.45, 7) is 2.44. The van der Waals surface area contributed by atoms with Gasteiger partial charge in [-0.3, -0.25) is 9.78 Å². The van der Waals surface area contributed by atoms with E-state index >= 15 is 0 Å². The molecule has 1 amide bonds. The molecule has 1 heterocycles. The van der Waals surface area contributed by atoms with Crippen molar-refractivity contribution in [3.63, 3.8) is 0 Å². The average molecular weight is 314 g/mol. The molecule has 0 fully saturated rings. The molecule has 0 saturated heterocycles. The molecule has 1 aromatic carbocycles. The van der Waals surface area contributed by atoms with E-state index in [1.165, 1.54) is 0 Å². The van der Waals surface area contributed by atoms with Crippen LogP contribution >= 0.6 is 0 Å². The first-order chi connectivity index (χ1) is 11.2. The van der Waals surface area contributed by atoms with Gasteiger partial charge in [-0.05, 0) is 44.0 Å². The number of hydrogen-bond donors (Lipinski definition) is 1.